The van der Waals surface area contributed by atoms with E-state index in [9.17, 15) is 0 Å². The van der Waals surface area contributed by atoms with E-state index in [2.05, 4.69) is 15.6 Å². The summed E-state index contributed by atoms with van der Waals surface area (Å²) in [5.74, 6) is 0.555. The molecule has 1 aliphatic heterocycles. The molecule has 0 amide bonds. The summed E-state index contributed by atoms with van der Waals surface area (Å²) in [6.45, 7) is 2.03. The molecule has 1 atom stereocenters. The lowest BCUT2D eigenvalue weighted by Gasteiger charge is -2.02. The smallest absolute Gasteiger partial charge is 0.148 e. The van der Waals surface area contributed by atoms with Gasteiger partial charge in [0.05, 0.1) is 11.9 Å². The fraction of sp³-hybridized carbons (Fsp3) is 0.286. The summed E-state index contributed by atoms with van der Waals surface area (Å²) in [5.41, 5.74) is 7.57. The van der Waals surface area contributed by atoms with Crippen molar-refractivity contribution in [1.82, 2.24) is 4.98 Å². The number of fused-ring (bicyclic) bond motifs is 1. The monoisotopic (exact) mass is 150 g/mol. The molecule has 4 nitrogen and oxygen atoms in total. The topological polar surface area (TPSA) is 63.0 Å². The van der Waals surface area contributed by atoms with Crippen LogP contribution >= 0.6 is 0 Å². The molecule has 4 N–H and O–H groups in total. The Labute approximate surface area is 64.8 Å². The van der Waals surface area contributed by atoms with Crippen molar-refractivity contribution < 1.29 is 0 Å². The fourth-order valence-electron chi connectivity index (χ4n) is 1.24. The number of rotatable bonds is 0. The van der Waals surface area contributed by atoms with Crippen molar-refractivity contribution in [3.63, 3.8) is 0 Å². The second kappa shape index (κ2) is 2.02. The van der Waals surface area contributed by atoms with Gasteiger partial charge < -0.3 is 16.4 Å². The van der Waals surface area contributed by atoms with Crippen LogP contribution in [0.15, 0.2) is 12.3 Å². The molecule has 0 spiro atoms. The number of nitrogens with one attached hydrogen (secondary N) is 2. The van der Waals surface area contributed by atoms with Crippen molar-refractivity contribution >= 4 is 17.2 Å². The molecule has 0 bridgehead atoms. The van der Waals surface area contributed by atoms with Crippen molar-refractivity contribution in [2.45, 2.75) is 13.1 Å². The Morgan fingerprint density at radius 1 is 1.55 bits per heavy atom. The first-order valence-corrected chi connectivity index (χ1v) is 3.55. The van der Waals surface area contributed by atoms with Crippen LogP contribution in [-0.2, 0) is 0 Å². The van der Waals surface area contributed by atoms with Gasteiger partial charge in [0.1, 0.15) is 11.5 Å². The first-order chi connectivity index (χ1) is 5.27. The minimum atomic E-state index is 0.247. The maximum Gasteiger partial charge on any atom is 0.148 e. The normalized spacial score (nSPS) is 20.3. The highest BCUT2D eigenvalue weighted by atomic mass is 15.2. The highest BCUT2D eigenvalue weighted by Crippen LogP contribution is 2.31. The van der Waals surface area contributed by atoms with Gasteiger partial charge in [-0.3, -0.25) is 0 Å². The van der Waals surface area contributed by atoms with Gasteiger partial charge in [0.2, 0.25) is 0 Å². The first-order valence-electron chi connectivity index (χ1n) is 3.55. The van der Waals surface area contributed by atoms with Gasteiger partial charge in [-0.15, -0.1) is 0 Å². The number of nitrogens with two attached hydrogens (primary N) is 1. The SMILES string of the molecule is CC1Nc2ccnc(N)c2N1. The summed E-state index contributed by atoms with van der Waals surface area (Å²) in [6.07, 6.45) is 1.94. The molecule has 0 fully saturated rings. The molecule has 4 heteroatoms. The van der Waals surface area contributed by atoms with Crippen molar-refractivity contribution in [1.29, 1.82) is 0 Å². The van der Waals surface area contributed by atoms with Gasteiger partial charge in [0, 0.05) is 6.20 Å². The van der Waals surface area contributed by atoms with E-state index in [1.165, 1.54) is 0 Å². The molecular formula is C7H10N4. The zero-order valence-electron chi connectivity index (χ0n) is 6.26. The molecule has 2 rings (SSSR count). The highest BCUT2D eigenvalue weighted by Gasteiger charge is 2.17. The van der Waals surface area contributed by atoms with Crippen LogP contribution in [-0.4, -0.2) is 11.1 Å². The molecule has 11 heavy (non-hydrogen) atoms. The molecule has 0 aliphatic carbocycles. The Balaban J connectivity index is 2.49. The fourth-order valence-corrected chi connectivity index (χ4v) is 1.24. The van der Waals surface area contributed by atoms with Crippen LogP contribution in [0, 0.1) is 0 Å². The Hall–Kier alpha value is -1.45. The minimum absolute atomic E-state index is 0.247. The van der Waals surface area contributed by atoms with Crippen LogP contribution in [0.2, 0.25) is 0 Å². The largest absolute Gasteiger partial charge is 0.382 e. The summed E-state index contributed by atoms with van der Waals surface area (Å²) in [5, 5.41) is 6.37. The Kier molecular flexibility index (Phi) is 1.15. The van der Waals surface area contributed by atoms with Crippen LogP contribution in [0.5, 0.6) is 0 Å². The second-order valence-electron chi connectivity index (χ2n) is 2.63. The number of anilines is 3. The standard InChI is InChI=1S/C7H10N4/c1-4-10-5-2-3-9-7(8)6(5)11-4/h2-4,10-11H,1H3,(H2,8,9). The Morgan fingerprint density at radius 3 is 3.09 bits per heavy atom. The summed E-state index contributed by atoms with van der Waals surface area (Å²) in [4.78, 5) is 3.96. The van der Waals surface area contributed by atoms with E-state index in [0.717, 1.165) is 11.4 Å². The van der Waals surface area contributed by atoms with E-state index >= 15 is 0 Å². The molecule has 0 saturated heterocycles. The van der Waals surface area contributed by atoms with Crippen molar-refractivity contribution in [2.75, 3.05) is 16.4 Å². The van der Waals surface area contributed by atoms with Crippen molar-refractivity contribution in [3.05, 3.63) is 12.3 Å². The number of hydrogen-bond donors (Lipinski definition) is 3. The third-order valence-corrected chi connectivity index (χ3v) is 1.71. The third-order valence-electron chi connectivity index (χ3n) is 1.71. The van der Waals surface area contributed by atoms with E-state index < -0.39 is 0 Å². The van der Waals surface area contributed by atoms with Crippen LogP contribution in [0.1, 0.15) is 6.92 Å². The molecule has 2 heterocycles. The van der Waals surface area contributed by atoms with Gasteiger partial charge in [-0.05, 0) is 13.0 Å². The van der Waals surface area contributed by atoms with Crippen LogP contribution in [0.4, 0.5) is 17.2 Å². The zero-order valence-corrected chi connectivity index (χ0v) is 6.26. The number of nitrogens with zero attached hydrogens (tertiary/aromatic N) is 1. The van der Waals surface area contributed by atoms with E-state index in [1.807, 2.05) is 13.0 Å². The van der Waals surface area contributed by atoms with Crippen LogP contribution < -0.4 is 16.4 Å². The molecule has 1 unspecified atom stereocenters. The maximum atomic E-state index is 5.62. The van der Waals surface area contributed by atoms with Gasteiger partial charge in [-0.1, -0.05) is 0 Å². The molecule has 58 valence electrons. The number of nitrogen functional groups attached to an aromatic ring is 1. The maximum absolute atomic E-state index is 5.62. The van der Waals surface area contributed by atoms with Gasteiger partial charge in [-0.25, -0.2) is 4.98 Å². The van der Waals surface area contributed by atoms with Gasteiger partial charge in [0.25, 0.3) is 0 Å². The van der Waals surface area contributed by atoms with E-state index in [1.54, 1.807) is 6.20 Å². The lowest BCUT2D eigenvalue weighted by molar-refractivity contribution is 0.956. The van der Waals surface area contributed by atoms with Crippen molar-refractivity contribution in [3.8, 4) is 0 Å². The number of hydrogen-bond acceptors (Lipinski definition) is 4. The molecule has 1 aromatic heterocycles. The molecule has 0 radical (unpaired) electrons. The summed E-state index contributed by atoms with van der Waals surface area (Å²) in [7, 11) is 0. The molecule has 0 aromatic carbocycles. The lowest BCUT2D eigenvalue weighted by atomic mass is 10.3. The second-order valence-corrected chi connectivity index (χ2v) is 2.63. The quantitative estimate of drug-likeness (QED) is 0.513. The van der Waals surface area contributed by atoms with Crippen LogP contribution in [0.25, 0.3) is 0 Å². The summed E-state index contributed by atoms with van der Waals surface area (Å²) in [6, 6.07) is 1.90. The lowest BCUT2D eigenvalue weighted by Crippen LogP contribution is -2.16. The van der Waals surface area contributed by atoms with Crippen LogP contribution in [0.3, 0.4) is 0 Å². The molecule has 1 aromatic rings. The Bertz CT molecular complexity index is 284. The summed E-state index contributed by atoms with van der Waals surface area (Å²) < 4.78 is 0. The predicted molar refractivity (Wildman–Crippen MR) is 45.4 cm³/mol. The molecular weight excluding hydrogens is 140 g/mol. The molecule has 1 aliphatic rings. The number of pyridine rings is 1. The van der Waals surface area contributed by atoms with Gasteiger partial charge in [-0.2, -0.15) is 0 Å². The predicted octanol–water partition coefficient (Wildman–Crippen LogP) is 0.847. The van der Waals surface area contributed by atoms with E-state index in [0.29, 0.717) is 5.82 Å². The average molecular weight is 150 g/mol. The Morgan fingerprint density at radius 2 is 2.36 bits per heavy atom. The summed E-state index contributed by atoms with van der Waals surface area (Å²) >= 11 is 0. The van der Waals surface area contributed by atoms with Gasteiger partial charge in [0.15, 0.2) is 0 Å². The highest BCUT2D eigenvalue weighted by molar-refractivity contribution is 5.82. The minimum Gasteiger partial charge on any atom is -0.382 e. The third kappa shape index (κ3) is 0.869. The first kappa shape index (κ1) is 6.27. The zero-order chi connectivity index (χ0) is 7.84. The van der Waals surface area contributed by atoms with Crippen molar-refractivity contribution in [2.24, 2.45) is 0 Å². The van der Waals surface area contributed by atoms with E-state index in [4.69, 9.17) is 5.73 Å². The average Bonchev–Trinajstić information content (AvgIpc) is 2.31. The molecule has 0 saturated carbocycles. The van der Waals surface area contributed by atoms with E-state index in [-0.39, 0.29) is 6.17 Å². The van der Waals surface area contributed by atoms with Gasteiger partial charge >= 0.3 is 0 Å². The number of aromatic nitrogens is 1.